The molecular weight excluding hydrogens is 140 g/mol. The van der Waals surface area contributed by atoms with Gasteiger partial charge in [-0.05, 0) is 13.5 Å². The summed E-state index contributed by atoms with van der Waals surface area (Å²) in [6, 6.07) is 0.256. The van der Waals surface area contributed by atoms with Crippen molar-refractivity contribution in [2.24, 2.45) is 5.73 Å². The molecule has 0 fully saturated rings. The number of hydrogen-bond acceptors (Lipinski definition) is 3. The van der Waals surface area contributed by atoms with Gasteiger partial charge in [-0.1, -0.05) is 6.92 Å². The fraction of sp³-hybridized carbons (Fsp3) is 1.00. The number of nitrogens with two attached hydrogens (primary N) is 1. The van der Waals surface area contributed by atoms with E-state index in [9.17, 15) is 0 Å². The molecule has 0 aliphatic carbocycles. The van der Waals surface area contributed by atoms with Gasteiger partial charge in [-0.2, -0.15) is 0 Å². The Balaban J connectivity index is 3.41. The summed E-state index contributed by atoms with van der Waals surface area (Å²) in [4.78, 5) is 2.29. The van der Waals surface area contributed by atoms with Crippen LogP contribution in [0.4, 0.5) is 0 Å². The van der Waals surface area contributed by atoms with Crippen molar-refractivity contribution in [2.75, 3.05) is 33.4 Å². The third kappa shape index (κ3) is 6.28. The van der Waals surface area contributed by atoms with Gasteiger partial charge in [-0.15, -0.1) is 0 Å². The van der Waals surface area contributed by atoms with Crippen molar-refractivity contribution in [3.8, 4) is 0 Å². The Morgan fingerprint density at radius 2 is 2.18 bits per heavy atom. The molecule has 0 radical (unpaired) electrons. The molecule has 0 amide bonds. The quantitative estimate of drug-likeness (QED) is 0.607. The van der Waals surface area contributed by atoms with Gasteiger partial charge in [0, 0.05) is 26.2 Å². The van der Waals surface area contributed by atoms with Crippen LogP contribution in [0, 0.1) is 0 Å². The van der Waals surface area contributed by atoms with Crippen LogP contribution in [0.1, 0.15) is 13.8 Å². The van der Waals surface area contributed by atoms with Crippen LogP contribution >= 0.6 is 0 Å². The van der Waals surface area contributed by atoms with E-state index < -0.39 is 0 Å². The van der Waals surface area contributed by atoms with Crippen molar-refractivity contribution in [2.45, 2.75) is 19.9 Å². The van der Waals surface area contributed by atoms with E-state index in [0.717, 1.165) is 26.2 Å². The zero-order chi connectivity index (χ0) is 8.69. The van der Waals surface area contributed by atoms with E-state index >= 15 is 0 Å². The van der Waals surface area contributed by atoms with Crippen LogP contribution in [0.5, 0.6) is 0 Å². The zero-order valence-electron chi connectivity index (χ0n) is 7.84. The zero-order valence-corrected chi connectivity index (χ0v) is 7.84. The molecule has 0 heterocycles. The SMILES string of the molecule is CCN(CCOC)C[C@H](C)N. The molecular formula is C8H20N2O. The standard InChI is InChI=1S/C8H20N2O/c1-4-10(5-6-11-3)7-8(2)9/h8H,4-7,9H2,1-3H3/t8-/m0/s1. The van der Waals surface area contributed by atoms with Gasteiger partial charge in [0.2, 0.25) is 0 Å². The number of hydrogen-bond donors (Lipinski definition) is 1. The maximum atomic E-state index is 5.66. The summed E-state index contributed by atoms with van der Waals surface area (Å²) in [6.45, 7) is 7.94. The summed E-state index contributed by atoms with van der Waals surface area (Å²) in [5.74, 6) is 0. The Bertz CT molecular complexity index is 86.2. The molecule has 0 aliphatic rings. The minimum Gasteiger partial charge on any atom is -0.383 e. The fourth-order valence-electron chi connectivity index (χ4n) is 1.01. The summed E-state index contributed by atoms with van der Waals surface area (Å²) < 4.78 is 4.97. The normalized spacial score (nSPS) is 13.9. The van der Waals surface area contributed by atoms with Crippen LogP contribution in [-0.4, -0.2) is 44.3 Å². The molecule has 0 aromatic heterocycles. The van der Waals surface area contributed by atoms with Gasteiger partial charge < -0.3 is 10.5 Å². The van der Waals surface area contributed by atoms with Crippen LogP contribution in [0.3, 0.4) is 0 Å². The molecule has 0 bridgehead atoms. The summed E-state index contributed by atoms with van der Waals surface area (Å²) in [6.07, 6.45) is 0. The predicted molar refractivity (Wildman–Crippen MR) is 47.6 cm³/mol. The van der Waals surface area contributed by atoms with Crippen molar-refractivity contribution < 1.29 is 4.74 Å². The Labute approximate surface area is 69.5 Å². The van der Waals surface area contributed by atoms with Crippen molar-refractivity contribution in [1.82, 2.24) is 4.90 Å². The molecule has 0 rings (SSSR count). The van der Waals surface area contributed by atoms with E-state index in [1.807, 2.05) is 6.92 Å². The highest BCUT2D eigenvalue weighted by atomic mass is 16.5. The molecule has 0 saturated heterocycles. The highest BCUT2D eigenvalue weighted by Gasteiger charge is 2.03. The molecule has 0 aromatic rings. The maximum absolute atomic E-state index is 5.66. The van der Waals surface area contributed by atoms with Gasteiger partial charge in [0.05, 0.1) is 6.61 Å². The molecule has 0 unspecified atom stereocenters. The van der Waals surface area contributed by atoms with Gasteiger partial charge in [0.15, 0.2) is 0 Å². The largest absolute Gasteiger partial charge is 0.383 e. The van der Waals surface area contributed by atoms with Crippen LogP contribution < -0.4 is 5.73 Å². The molecule has 3 heteroatoms. The third-order valence-electron chi connectivity index (χ3n) is 1.61. The van der Waals surface area contributed by atoms with Crippen molar-refractivity contribution in [3.63, 3.8) is 0 Å². The molecule has 0 aromatic carbocycles. The minimum atomic E-state index is 0.256. The van der Waals surface area contributed by atoms with Gasteiger partial charge in [0.25, 0.3) is 0 Å². The third-order valence-corrected chi connectivity index (χ3v) is 1.61. The number of likely N-dealkylation sites (N-methyl/N-ethyl adjacent to an activating group) is 1. The fourth-order valence-corrected chi connectivity index (χ4v) is 1.01. The van der Waals surface area contributed by atoms with Crippen LogP contribution in [0.15, 0.2) is 0 Å². The first kappa shape index (κ1) is 10.9. The van der Waals surface area contributed by atoms with E-state index in [-0.39, 0.29) is 6.04 Å². The first-order chi connectivity index (χ1) is 5.20. The van der Waals surface area contributed by atoms with Crippen molar-refractivity contribution in [3.05, 3.63) is 0 Å². The van der Waals surface area contributed by atoms with E-state index in [0.29, 0.717) is 0 Å². The Hall–Kier alpha value is -0.120. The second-order valence-corrected chi connectivity index (χ2v) is 2.86. The smallest absolute Gasteiger partial charge is 0.0589 e. The number of nitrogens with zero attached hydrogens (tertiary/aromatic N) is 1. The van der Waals surface area contributed by atoms with Gasteiger partial charge in [-0.3, -0.25) is 4.90 Å². The number of ether oxygens (including phenoxy) is 1. The van der Waals surface area contributed by atoms with E-state index in [4.69, 9.17) is 10.5 Å². The average molecular weight is 160 g/mol. The lowest BCUT2D eigenvalue weighted by molar-refractivity contribution is 0.148. The van der Waals surface area contributed by atoms with Crippen LogP contribution in [0.25, 0.3) is 0 Å². The van der Waals surface area contributed by atoms with E-state index in [1.165, 1.54) is 0 Å². The van der Waals surface area contributed by atoms with Crippen molar-refractivity contribution in [1.29, 1.82) is 0 Å². The molecule has 0 aliphatic heterocycles. The lowest BCUT2D eigenvalue weighted by atomic mass is 10.3. The molecule has 2 N–H and O–H groups in total. The van der Waals surface area contributed by atoms with Crippen molar-refractivity contribution >= 4 is 0 Å². The lowest BCUT2D eigenvalue weighted by Crippen LogP contribution is -2.37. The minimum absolute atomic E-state index is 0.256. The molecule has 11 heavy (non-hydrogen) atoms. The molecule has 0 saturated carbocycles. The van der Waals surface area contributed by atoms with Crippen LogP contribution in [0.2, 0.25) is 0 Å². The van der Waals surface area contributed by atoms with Crippen LogP contribution in [-0.2, 0) is 4.74 Å². The lowest BCUT2D eigenvalue weighted by Gasteiger charge is -2.21. The Kier molecular flexibility index (Phi) is 6.51. The second kappa shape index (κ2) is 6.58. The predicted octanol–water partition coefficient (Wildman–Crippen LogP) is 0.302. The Morgan fingerprint density at radius 1 is 1.55 bits per heavy atom. The topological polar surface area (TPSA) is 38.5 Å². The first-order valence-corrected chi connectivity index (χ1v) is 4.17. The molecule has 68 valence electrons. The van der Waals surface area contributed by atoms with E-state index in [2.05, 4.69) is 11.8 Å². The summed E-state index contributed by atoms with van der Waals surface area (Å²) in [5.41, 5.74) is 5.66. The van der Waals surface area contributed by atoms with E-state index in [1.54, 1.807) is 7.11 Å². The summed E-state index contributed by atoms with van der Waals surface area (Å²) >= 11 is 0. The number of methoxy groups -OCH3 is 1. The second-order valence-electron chi connectivity index (χ2n) is 2.86. The molecule has 3 nitrogen and oxygen atoms in total. The molecule has 0 spiro atoms. The number of rotatable bonds is 6. The maximum Gasteiger partial charge on any atom is 0.0589 e. The first-order valence-electron chi connectivity index (χ1n) is 4.17. The monoisotopic (exact) mass is 160 g/mol. The van der Waals surface area contributed by atoms with Gasteiger partial charge >= 0.3 is 0 Å². The average Bonchev–Trinajstić information content (AvgIpc) is 1.97. The highest BCUT2D eigenvalue weighted by molar-refractivity contribution is 4.61. The highest BCUT2D eigenvalue weighted by Crippen LogP contribution is 1.89. The Morgan fingerprint density at radius 3 is 2.55 bits per heavy atom. The summed E-state index contributed by atoms with van der Waals surface area (Å²) in [7, 11) is 1.72. The van der Waals surface area contributed by atoms with Gasteiger partial charge in [-0.25, -0.2) is 0 Å². The molecule has 1 atom stereocenters. The van der Waals surface area contributed by atoms with Gasteiger partial charge in [0.1, 0.15) is 0 Å². The summed E-state index contributed by atoms with van der Waals surface area (Å²) in [5, 5.41) is 0.